The standard InChI is InChI=1S/C17H22N2O2/c1-5-18(16-11-14(20)9-8-13(16)4)17(21)15-7-6-10-19(15)12(2)3/h6-12,20H,5H2,1-4H3. The van der Waals surface area contributed by atoms with E-state index in [0.29, 0.717) is 12.2 Å². The highest BCUT2D eigenvalue weighted by Gasteiger charge is 2.21. The second-order valence-corrected chi connectivity index (χ2v) is 5.41. The normalized spacial score (nSPS) is 10.9. The minimum absolute atomic E-state index is 0.0510. The van der Waals surface area contributed by atoms with Gasteiger partial charge in [0.25, 0.3) is 5.91 Å². The lowest BCUT2D eigenvalue weighted by molar-refractivity contribution is 0.0978. The molecule has 4 nitrogen and oxygen atoms in total. The smallest absolute Gasteiger partial charge is 0.274 e. The Bertz CT molecular complexity index is 644. The lowest BCUT2D eigenvalue weighted by Crippen LogP contribution is -2.33. The van der Waals surface area contributed by atoms with Gasteiger partial charge in [-0.3, -0.25) is 4.79 Å². The molecule has 0 radical (unpaired) electrons. The molecule has 0 bridgehead atoms. The summed E-state index contributed by atoms with van der Waals surface area (Å²) in [5.74, 6) is 0.117. The van der Waals surface area contributed by atoms with Crippen molar-refractivity contribution in [3.05, 3.63) is 47.8 Å². The molecule has 112 valence electrons. The van der Waals surface area contributed by atoms with Gasteiger partial charge in [-0.15, -0.1) is 0 Å². The third kappa shape index (κ3) is 2.94. The van der Waals surface area contributed by atoms with Gasteiger partial charge < -0.3 is 14.6 Å². The number of hydrogen-bond acceptors (Lipinski definition) is 2. The predicted octanol–water partition coefficient (Wildman–Crippen LogP) is 3.75. The van der Waals surface area contributed by atoms with Crippen LogP contribution in [0.25, 0.3) is 0 Å². The van der Waals surface area contributed by atoms with Crippen LogP contribution in [0.4, 0.5) is 5.69 Å². The number of carbonyl (C=O) groups is 1. The van der Waals surface area contributed by atoms with Crippen molar-refractivity contribution in [1.29, 1.82) is 0 Å². The van der Waals surface area contributed by atoms with Gasteiger partial charge in [0.1, 0.15) is 11.4 Å². The predicted molar refractivity (Wildman–Crippen MR) is 85.0 cm³/mol. The Balaban J connectivity index is 2.43. The highest BCUT2D eigenvalue weighted by atomic mass is 16.3. The van der Waals surface area contributed by atoms with Crippen molar-refractivity contribution < 1.29 is 9.90 Å². The van der Waals surface area contributed by atoms with E-state index in [2.05, 4.69) is 0 Å². The Hall–Kier alpha value is -2.23. The molecule has 2 rings (SSSR count). The van der Waals surface area contributed by atoms with E-state index in [1.165, 1.54) is 0 Å². The molecule has 0 aliphatic carbocycles. The fourth-order valence-corrected chi connectivity index (χ4v) is 2.48. The van der Waals surface area contributed by atoms with E-state index in [0.717, 1.165) is 11.3 Å². The first-order chi connectivity index (χ1) is 9.95. The van der Waals surface area contributed by atoms with Crippen LogP contribution >= 0.6 is 0 Å². The van der Waals surface area contributed by atoms with Gasteiger partial charge in [-0.2, -0.15) is 0 Å². The van der Waals surface area contributed by atoms with E-state index < -0.39 is 0 Å². The molecule has 0 aliphatic rings. The molecular weight excluding hydrogens is 264 g/mol. The van der Waals surface area contributed by atoms with Crippen LogP contribution in [0, 0.1) is 6.92 Å². The molecule has 0 spiro atoms. The van der Waals surface area contributed by atoms with Crippen LogP contribution in [0.3, 0.4) is 0 Å². The highest BCUT2D eigenvalue weighted by Crippen LogP contribution is 2.26. The first-order valence-electron chi connectivity index (χ1n) is 7.24. The molecule has 0 unspecified atom stereocenters. The monoisotopic (exact) mass is 286 g/mol. The molecule has 1 N–H and O–H groups in total. The van der Waals surface area contributed by atoms with Crippen LogP contribution in [0.15, 0.2) is 36.5 Å². The number of aromatic nitrogens is 1. The van der Waals surface area contributed by atoms with E-state index in [4.69, 9.17) is 0 Å². The van der Waals surface area contributed by atoms with Crippen molar-refractivity contribution in [3.8, 4) is 5.75 Å². The first-order valence-corrected chi connectivity index (χ1v) is 7.24. The number of phenols is 1. The van der Waals surface area contributed by atoms with Crippen LogP contribution in [0.1, 0.15) is 42.9 Å². The number of amides is 1. The van der Waals surface area contributed by atoms with E-state index in [-0.39, 0.29) is 17.7 Å². The maximum Gasteiger partial charge on any atom is 0.274 e. The number of nitrogens with zero attached hydrogens (tertiary/aromatic N) is 2. The largest absolute Gasteiger partial charge is 0.508 e. The summed E-state index contributed by atoms with van der Waals surface area (Å²) in [7, 11) is 0. The van der Waals surface area contributed by atoms with Gasteiger partial charge in [0, 0.05) is 24.8 Å². The van der Waals surface area contributed by atoms with Gasteiger partial charge in [0.05, 0.1) is 5.69 Å². The van der Waals surface area contributed by atoms with Crippen molar-refractivity contribution in [2.45, 2.75) is 33.7 Å². The van der Waals surface area contributed by atoms with Gasteiger partial charge in [0.15, 0.2) is 0 Å². The van der Waals surface area contributed by atoms with Crippen molar-refractivity contribution in [2.75, 3.05) is 11.4 Å². The Morgan fingerprint density at radius 2 is 2.05 bits per heavy atom. The van der Waals surface area contributed by atoms with Crippen LogP contribution in [0.2, 0.25) is 0 Å². The van der Waals surface area contributed by atoms with E-state index in [9.17, 15) is 9.90 Å². The number of rotatable bonds is 4. The average Bonchev–Trinajstić information content (AvgIpc) is 2.92. The third-order valence-electron chi connectivity index (χ3n) is 3.60. The van der Waals surface area contributed by atoms with Gasteiger partial charge in [-0.1, -0.05) is 6.07 Å². The van der Waals surface area contributed by atoms with Gasteiger partial charge in [-0.25, -0.2) is 0 Å². The molecule has 1 heterocycles. The number of aryl methyl sites for hydroxylation is 1. The molecule has 21 heavy (non-hydrogen) atoms. The van der Waals surface area contributed by atoms with Gasteiger partial charge in [-0.05, 0) is 51.5 Å². The van der Waals surface area contributed by atoms with Crippen LogP contribution in [-0.2, 0) is 0 Å². The number of anilines is 1. The fourth-order valence-electron chi connectivity index (χ4n) is 2.48. The molecule has 4 heteroatoms. The second-order valence-electron chi connectivity index (χ2n) is 5.41. The summed E-state index contributed by atoms with van der Waals surface area (Å²) in [5, 5.41) is 9.69. The second kappa shape index (κ2) is 6.04. The van der Waals surface area contributed by atoms with Crippen molar-refractivity contribution in [1.82, 2.24) is 4.57 Å². The summed E-state index contributed by atoms with van der Waals surface area (Å²) in [6, 6.07) is 9.04. The maximum absolute atomic E-state index is 12.8. The van der Waals surface area contributed by atoms with Crippen molar-refractivity contribution in [2.24, 2.45) is 0 Å². The van der Waals surface area contributed by atoms with E-state index in [1.807, 2.05) is 56.7 Å². The maximum atomic E-state index is 12.8. The summed E-state index contributed by atoms with van der Waals surface area (Å²) in [5.41, 5.74) is 2.37. The minimum Gasteiger partial charge on any atom is -0.508 e. The number of phenolic OH excluding ortho intramolecular Hbond substituents is 1. The SMILES string of the molecule is CCN(C(=O)c1cccn1C(C)C)c1cc(O)ccc1C. The Morgan fingerprint density at radius 3 is 2.67 bits per heavy atom. The van der Waals surface area contributed by atoms with Gasteiger partial charge >= 0.3 is 0 Å². The molecule has 1 amide bonds. The molecule has 0 saturated carbocycles. The topological polar surface area (TPSA) is 45.5 Å². The molecule has 0 atom stereocenters. The van der Waals surface area contributed by atoms with E-state index in [1.54, 1.807) is 17.0 Å². The van der Waals surface area contributed by atoms with E-state index >= 15 is 0 Å². The summed E-state index contributed by atoms with van der Waals surface area (Å²) in [4.78, 5) is 14.5. The fraction of sp³-hybridized carbons (Fsp3) is 0.353. The third-order valence-corrected chi connectivity index (χ3v) is 3.60. The minimum atomic E-state index is -0.0510. The highest BCUT2D eigenvalue weighted by molar-refractivity contribution is 6.05. The summed E-state index contributed by atoms with van der Waals surface area (Å²) in [6.07, 6.45) is 1.92. The number of aromatic hydroxyl groups is 1. The number of benzene rings is 1. The lowest BCUT2D eigenvalue weighted by Gasteiger charge is -2.24. The zero-order valence-corrected chi connectivity index (χ0v) is 13.0. The zero-order chi connectivity index (χ0) is 15.6. The molecule has 0 saturated heterocycles. The molecule has 0 aliphatic heterocycles. The van der Waals surface area contributed by atoms with Crippen molar-refractivity contribution >= 4 is 11.6 Å². The molecule has 2 aromatic rings. The Morgan fingerprint density at radius 1 is 1.33 bits per heavy atom. The Kier molecular flexibility index (Phi) is 4.36. The average molecular weight is 286 g/mol. The van der Waals surface area contributed by atoms with Crippen LogP contribution < -0.4 is 4.90 Å². The lowest BCUT2D eigenvalue weighted by atomic mass is 10.1. The zero-order valence-electron chi connectivity index (χ0n) is 13.0. The van der Waals surface area contributed by atoms with Crippen LogP contribution in [-0.4, -0.2) is 22.1 Å². The van der Waals surface area contributed by atoms with Gasteiger partial charge in [0.2, 0.25) is 0 Å². The summed E-state index contributed by atoms with van der Waals surface area (Å²) in [6.45, 7) is 8.52. The summed E-state index contributed by atoms with van der Waals surface area (Å²) < 4.78 is 1.96. The quantitative estimate of drug-likeness (QED) is 0.930. The first kappa shape index (κ1) is 15.2. The van der Waals surface area contributed by atoms with Crippen LogP contribution in [0.5, 0.6) is 5.75 Å². The van der Waals surface area contributed by atoms with Crippen molar-refractivity contribution in [3.63, 3.8) is 0 Å². The number of carbonyl (C=O) groups excluding carboxylic acids is 1. The molecule has 1 aromatic heterocycles. The molecular formula is C17H22N2O2. The Labute approximate surface area is 125 Å². The number of hydrogen-bond donors (Lipinski definition) is 1. The molecule has 0 fully saturated rings. The summed E-state index contributed by atoms with van der Waals surface area (Å²) >= 11 is 0. The molecule has 1 aromatic carbocycles.